The fourth-order valence-corrected chi connectivity index (χ4v) is 4.28. The monoisotopic (exact) mass is 308 g/mol. The molecule has 114 valence electrons. The maximum Gasteiger partial charge on any atom is 0.313 e. The highest BCUT2D eigenvalue weighted by atomic mass is 32.1. The van der Waals surface area contributed by atoms with Gasteiger partial charge < -0.3 is 4.74 Å². The molecule has 21 heavy (non-hydrogen) atoms. The van der Waals surface area contributed by atoms with E-state index in [0.29, 0.717) is 18.0 Å². The predicted octanol–water partition coefficient (Wildman–Crippen LogP) is 2.82. The molecule has 1 aromatic heterocycles. The number of aryl methyl sites for hydroxylation is 2. The lowest BCUT2D eigenvalue weighted by atomic mass is 9.66. The quantitative estimate of drug-likeness (QED) is 0.853. The fourth-order valence-electron chi connectivity index (χ4n) is 3.47. The van der Waals surface area contributed by atoms with E-state index < -0.39 is 16.4 Å². The van der Waals surface area contributed by atoms with Gasteiger partial charge in [0.15, 0.2) is 10.7 Å². The molecule has 1 aliphatic carbocycles. The summed E-state index contributed by atoms with van der Waals surface area (Å²) in [6.45, 7) is 9.67. The maximum absolute atomic E-state index is 12.8. The van der Waals surface area contributed by atoms with Gasteiger partial charge in [0, 0.05) is 10.3 Å². The molecule has 1 aromatic rings. The average molecular weight is 308 g/mol. The van der Waals surface area contributed by atoms with Crippen molar-refractivity contribution in [2.24, 2.45) is 10.8 Å². The van der Waals surface area contributed by atoms with Crippen molar-refractivity contribution in [2.75, 3.05) is 5.32 Å². The molecule has 6 heteroatoms. The molecular formula is C15H20N2O3S. The zero-order chi connectivity index (χ0) is 15.6. The lowest BCUT2D eigenvalue weighted by Gasteiger charge is -2.35. The van der Waals surface area contributed by atoms with Crippen molar-refractivity contribution in [1.29, 1.82) is 0 Å². The van der Waals surface area contributed by atoms with Gasteiger partial charge in [0.05, 0.1) is 11.1 Å². The number of hydrogen-bond acceptors (Lipinski definition) is 5. The van der Waals surface area contributed by atoms with E-state index in [1.165, 1.54) is 11.3 Å². The van der Waals surface area contributed by atoms with Crippen LogP contribution in [0.4, 0.5) is 5.13 Å². The number of hydrogen-bond donors (Lipinski definition) is 1. The second-order valence-corrected chi connectivity index (χ2v) is 7.99. The van der Waals surface area contributed by atoms with Gasteiger partial charge in [-0.25, -0.2) is 4.98 Å². The summed E-state index contributed by atoms with van der Waals surface area (Å²) >= 11 is 1.44. The molecule has 1 N–H and O–H groups in total. The lowest BCUT2D eigenvalue weighted by molar-refractivity contribution is -0.165. The van der Waals surface area contributed by atoms with Crippen LogP contribution in [-0.2, 0) is 14.3 Å². The Kier molecular flexibility index (Phi) is 2.81. The van der Waals surface area contributed by atoms with Crippen molar-refractivity contribution in [3.8, 4) is 0 Å². The van der Waals surface area contributed by atoms with Gasteiger partial charge >= 0.3 is 5.97 Å². The lowest BCUT2D eigenvalue weighted by Crippen LogP contribution is -2.50. The van der Waals surface area contributed by atoms with Crippen LogP contribution in [0.15, 0.2) is 0 Å². The molecule has 0 aromatic carbocycles. The van der Waals surface area contributed by atoms with E-state index in [4.69, 9.17) is 4.74 Å². The number of rotatable bonds is 2. The SMILES string of the molecule is Cc1nc(NC(=O)[C@@]23CC[C@@](C)(C(=O)O2)C3(C)C)sc1C. The smallest absolute Gasteiger partial charge is 0.313 e. The van der Waals surface area contributed by atoms with Crippen molar-refractivity contribution < 1.29 is 14.3 Å². The van der Waals surface area contributed by atoms with Gasteiger partial charge in [0.25, 0.3) is 5.91 Å². The first kappa shape index (κ1) is 14.5. The second-order valence-electron chi connectivity index (χ2n) is 6.79. The van der Waals surface area contributed by atoms with Gasteiger partial charge in [-0.15, -0.1) is 11.3 Å². The molecule has 1 saturated carbocycles. The number of amides is 1. The van der Waals surface area contributed by atoms with Gasteiger partial charge in [-0.05, 0) is 33.6 Å². The number of nitrogens with zero attached hydrogens (tertiary/aromatic N) is 1. The average Bonchev–Trinajstić information content (AvgIpc) is 2.85. The van der Waals surface area contributed by atoms with Gasteiger partial charge in [-0.1, -0.05) is 13.8 Å². The van der Waals surface area contributed by atoms with Crippen LogP contribution in [0.3, 0.4) is 0 Å². The molecule has 2 bridgehead atoms. The minimum absolute atomic E-state index is 0.254. The van der Waals surface area contributed by atoms with Crippen molar-refractivity contribution in [3.05, 3.63) is 10.6 Å². The molecule has 5 nitrogen and oxygen atoms in total. The Labute approximate surface area is 128 Å². The molecule has 0 unspecified atom stereocenters. The topological polar surface area (TPSA) is 68.3 Å². The van der Waals surface area contributed by atoms with E-state index in [2.05, 4.69) is 10.3 Å². The minimum Gasteiger partial charge on any atom is -0.448 e. The Hall–Kier alpha value is -1.43. The first-order chi connectivity index (χ1) is 9.64. The van der Waals surface area contributed by atoms with E-state index in [0.717, 1.165) is 10.6 Å². The van der Waals surface area contributed by atoms with Crippen molar-refractivity contribution in [1.82, 2.24) is 4.98 Å². The summed E-state index contributed by atoms with van der Waals surface area (Å²) in [5, 5.41) is 3.42. The van der Waals surface area contributed by atoms with Crippen LogP contribution in [-0.4, -0.2) is 22.5 Å². The van der Waals surface area contributed by atoms with Crippen molar-refractivity contribution in [3.63, 3.8) is 0 Å². The third kappa shape index (κ3) is 1.59. The van der Waals surface area contributed by atoms with Gasteiger partial charge in [0.1, 0.15) is 0 Å². The van der Waals surface area contributed by atoms with E-state index in [1.807, 2.05) is 34.6 Å². The van der Waals surface area contributed by atoms with Crippen LogP contribution in [0.25, 0.3) is 0 Å². The maximum atomic E-state index is 12.8. The summed E-state index contributed by atoms with van der Waals surface area (Å²) in [7, 11) is 0. The molecule has 2 heterocycles. The number of anilines is 1. The highest BCUT2D eigenvalue weighted by Gasteiger charge is 2.75. The Balaban J connectivity index is 1.93. The molecule has 1 aliphatic heterocycles. The molecule has 0 radical (unpaired) electrons. The molecular weight excluding hydrogens is 288 g/mol. The molecule has 1 saturated heterocycles. The van der Waals surface area contributed by atoms with Gasteiger partial charge in [-0.2, -0.15) is 0 Å². The van der Waals surface area contributed by atoms with Crippen LogP contribution in [0.1, 0.15) is 44.2 Å². The minimum atomic E-state index is -1.08. The Bertz CT molecular complexity index is 632. The van der Waals surface area contributed by atoms with Gasteiger partial charge in [-0.3, -0.25) is 14.9 Å². The third-order valence-electron chi connectivity index (χ3n) is 5.70. The predicted molar refractivity (Wildman–Crippen MR) is 80.2 cm³/mol. The van der Waals surface area contributed by atoms with Crippen molar-refractivity contribution in [2.45, 2.75) is 53.1 Å². The Morgan fingerprint density at radius 1 is 1.29 bits per heavy atom. The number of esters is 1. The largest absolute Gasteiger partial charge is 0.448 e. The summed E-state index contributed by atoms with van der Waals surface area (Å²) in [5.41, 5.74) is -1.28. The fraction of sp³-hybridized carbons (Fsp3) is 0.667. The molecule has 2 atom stereocenters. The number of fused-ring (bicyclic) bond motifs is 2. The first-order valence-electron chi connectivity index (χ1n) is 7.13. The molecule has 2 fully saturated rings. The zero-order valence-corrected chi connectivity index (χ0v) is 13.8. The molecule has 3 rings (SSSR count). The second kappa shape index (κ2) is 4.06. The van der Waals surface area contributed by atoms with Crippen LogP contribution in [0.2, 0.25) is 0 Å². The summed E-state index contributed by atoms with van der Waals surface area (Å²) in [4.78, 5) is 30.4. The third-order valence-corrected chi connectivity index (χ3v) is 6.69. The summed E-state index contributed by atoms with van der Waals surface area (Å²) in [5.74, 6) is -0.517. The van der Waals surface area contributed by atoms with E-state index in [-0.39, 0.29) is 11.9 Å². The van der Waals surface area contributed by atoms with E-state index in [9.17, 15) is 9.59 Å². The number of carbonyl (C=O) groups excluding carboxylic acids is 2. The van der Waals surface area contributed by atoms with E-state index in [1.54, 1.807) is 0 Å². The highest BCUT2D eigenvalue weighted by Crippen LogP contribution is 2.65. The Morgan fingerprint density at radius 3 is 2.38 bits per heavy atom. The van der Waals surface area contributed by atoms with Crippen molar-refractivity contribution >= 4 is 28.3 Å². The molecule has 0 spiro atoms. The number of thiazole rings is 1. The van der Waals surface area contributed by atoms with Crippen LogP contribution in [0, 0.1) is 24.7 Å². The summed E-state index contributed by atoms with van der Waals surface area (Å²) in [6, 6.07) is 0. The standard InChI is InChI=1S/C15H20N2O3S/c1-8-9(2)21-12(16-8)17-10(18)15-7-6-14(5,11(19)20-15)13(15,3)4/h6-7H2,1-5H3,(H,16,17,18)/t14-,15+/m0/s1. The van der Waals surface area contributed by atoms with E-state index >= 15 is 0 Å². The van der Waals surface area contributed by atoms with Crippen LogP contribution < -0.4 is 5.32 Å². The number of aromatic nitrogens is 1. The summed E-state index contributed by atoms with van der Waals surface area (Å²) in [6.07, 6.45) is 1.25. The summed E-state index contributed by atoms with van der Waals surface area (Å²) < 4.78 is 5.56. The first-order valence-corrected chi connectivity index (χ1v) is 7.95. The highest BCUT2D eigenvalue weighted by molar-refractivity contribution is 7.15. The number of carbonyl (C=O) groups is 2. The van der Waals surface area contributed by atoms with Crippen LogP contribution >= 0.6 is 11.3 Å². The van der Waals surface area contributed by atoms with Gasteiger partial charge in [0.2, 0.25) is 0 Å². The number of ether oxygens (including phenoxy) is 1. The Morgan fingerprint density at radius 2 is 1.95 bits per heavy atom. The number of nitrogens with one attached hydrogen (secondary N) is 1. The molecule has 2 aliphatic rings. The van der Waals surface area contributed by atoms with Crippen LogP contribution in [0.5, 0.6) is 0 Å². The normalized spacial score (nSPS) is 33.1. The zero-order valence-electron chi connectivity index (χ0n) is 13.0. The molecule has 1 amide bonds.